The molecule has 1 N–H and O–H groups in total. The fourth-order valence-electron chi connectivity index (χ4n) is 0.292. The second-order valence-corrected chi connectivity index (χ2v) is 2.23. The molecule has 1 nitrogen and oxygen atoms in total. The smallest absolute Gasteiger partial charge is 0.109 e. The third-order valence-electron chi connectivity index (χ3n) is 0.554. The van der Waals surface area contributed by atoms with Gasteiger partial charge in [0.15, 0.2) is 0 Å². The van der Waals surface area contributed by atoms with Crippen LogP contribution in [0.1, 0.15) is 0 Å². The Balaban J connectivity index is 2.57. The first-order valence-corrected chi connectivity index (χ1v) is 3.14. The summed E-state index contributed by atoms with van der Waals surface area (Å²) in [6.07, 6.45) is 3.77. The van der Waals surface area contributed by atoms with Gasteiger partial charge in [-0.25, -0.2) is 0 Å². The highest BCUT2D eigenvalue weighted by atomic mass is 32.2. The minimum atomic E-state index is 0.799. The van der Waals surface area contributed by atoms with E-state index in [1.165, 1.54) is 11.9 Å². The Bertz CT molecular complexity index is 117. The monoisotopic (exact) mass is 130 g/mol. The summed E-state index contributed by atoms with van der Waals surface area (Å²) in [5.41, 5.74) is 0. The molecule has 0 amide bonds. The number of hydrogen-bond donors (Lipinski definition) is 1. The number of hydrogen-bond acceptors (Lipinski definition) is 2. The first-order valence-electron chi connectivity index (χ1n) is 1.85. The van der Waals surface area contributed by atoms with Gasteiger partial charge in [-0.2, -0.15) is 0 Å². The van der Waals surface area contributed by atoms with Crippen LogP contribution in [0.15, 0.2) is 22.6 Å². The molecule has 1 aliphatic heterocycles. The van der Waals surface area contributed by atoms with Crippen molar-refractivity contribution < 1.29 is 0 Å². The first kappa shape index (κ1) is 5.00. The zero-order chi connectivity index (χ0) is 5.11. The lowest BCUT2D eigenvalue weighted by Gasteiger charge is -2.00. The van der Waals surface area contributed by atoms with Gasteiger partial charge in [0.05, 0.1) is 0 Å². The van der Waals surface area contributed by atoms with Crippen molar-refractivity contribution in [3.8, 4) is 0 Å². The second-order valence-electron chi connectivity index (χ2n) is 1.08. The molecule has 1 radical (unpaired) electrons. The highest BCUT2D eigenvalue weighted by molar-refractivity contribution is 8.01. The summed E-state index contributed by atoms with van der Waals surface area (Å²) in [6.45, 7) is 0. The molecule has 7 heavy (non-hydrogen) atoms. The van der Waals surface area contributed by atoms with E-state index in [4.69, 9.17) is 12.6 Å². The minimum absolute atomic E-state index is 0.799. The fraction of sp³-hybridized carbons (Fsp3) is 0. The number of allylic oxidation sites excluding steroid dienone is 2. The molecule has 0 aliphatic carbocycles. The lowest BCUT2D eigenvalue weighted by Crippen LogP contribution is -1.96. The van der Waals surface area contributed by atoms with Crippen LogP contribution in [-0.2, 0) is 0 Å². The molecule has 0 bridgehead atoms. The third kappa shape index (κ3) is 1.41. The van der Waals surface area contributed by atoms with Crippen LogP contribution in [0.2, 0.25) is 0 Å². The Morgan fingerprint density at radius 3 is 2.86 bits per heavy atom. The van der Waals surface area contributed by atoms with Gasteiger partial charge in [-0.3, -0.25) is 0 Å². The number of nitrogens with one attached hydrogen (secondary N) is 1. The van der Waals surface area contributed by atoms with E-state index in [1.807, 2.05) is 17.6 Å². The topological polar surface area (TPSA) is 12.0 Å². The van der Waals surface area contributed by atoms with Crippen molar-refractivity contribution in [1.82, 2.24) is 4.72 Å². The molecule has 0 saturated heterocycles. The molecule has 0 atom stereocenters. The van der Waals surface area contributed by atoms with Gasteiger partial charge in [0.2, 0.25) is 0 Å². The summed E-state index contributed by atoms with van der Waals surface area (Å²) in [5.74, 6) is 0. The van der Waals surface area contributed by atoms with Gasteiger partial charge in [0.1, 0.15) is 5.03 Å². The molecule has 1 rings (SSSR count). The van der Waals surface area contributed by atoms with Crippen LogP contribution in [0.5, 0.6) is 0 Å². The molecule has 0 fully saturated rings. The van der Waals surface area contributed by atoms with Crippen molar-refractivity contribution in [3.05, 3.63) is 22.6 Å². The maximum Gasteiger partial charge on any atom is 0.109 e. The van der Waals surface area contributed by atoms with Gasteiger partial charge < -0.3 is 4.72 Å². The molecular formula is C4H4NS2. The van der Waals surface area contributed by atoms with E-state index in [-0.39, 0.29) is 0 Å². The molecule has 1 heterocycles. The van der Waals surface area contributed by atoms with Crippen molar-refractivity contribution in [1.29, 1.82) is 0 Å². The van der Waals surface area contributed by atoms with Gasteiger partial charge in [-0.05, 0) is 23.4 Å². The molecule has 0 aromatic heterocycles. The summed E-state index contributed by atoms with van der Waals surface area (Å²) in [4.78, 5) is 0. The molecule has 3 heteroatoms. The Hall–Kier alpha value is -0.150. The van der Waals surface area contributed by atoms with Crippen LogP contribution in [0.25, 0.3) is 0 Å². The third-order valence-corrected chi connectivity index (χ3v) is 1.55. The predicted molar refractivity (Wildman–Crippen MR) is 35.5 cm³/mol. The van der Waals surface area contributed by atoms with Gasteiger partial charge in [0.25, 0.3) is 0 Å². The Labute approximate surface area is 52.4 Å². The van der Waals surface area contributed by atoms with Gasteiger partial charge in [-0.15, -0.1) is 0 Å². The fourth-order valence-corrected chi connectivity index (χ4v) is 0.924. The highest BCUT2D eigenvalue weighted by Crippen LogP contribution is 2.09. The molecule has 1 aliphatic rings. The zero-order valence-electron chi connectivity index (χ0n) is 3.55. The second kappa shape index (κ2) is 2.23. The van der Waals surface area contributed by atoms with Gasteiger partial charge in [0, 0.05) is 0 Å². The van der Waals surface area contributed by atoms with Gasteiger partial charge in [-0.1, -0.05) is 18.7 Å². The van der Waals surface area contributed by atoms with Crippen molar-refractivity contribution in [2.45, 2.75) is 0 Å². The average molecular weight is 130 g/mol. The molecule has 0 saturated carbocycles. The molecule has 0 aromatic carbocycles. The Morgan fingerprint density at radius 1 is 1.71 bits per heavy atom. The van der Waals surface area contributed by atoms with Gasteiger partial charge >= 0.3 is 0 Å². The molecule has 37 valence electrons. The molecule has 0 aromatic rings. The quantitative estimate of drug-likeness (QED) is 0.502. The summed E-state index contributed by atoms with van der Waals surface area (Å²) < 4.78 is 2.89. The van der Waals surface area contributed by atoms with Crippen LogP contribution in [0.3, 0.4) is 0 Å². The van der Waals surface area contributed by atoms with Crippen molar-refractivity contribution in [2.24, 2.45) is 0 Å². The zero-order valence-corrected chi connectivity index (χ0v) is 5.18. The highest BCUT2D eigenvalue weighted by Gasteiger charge is 1.88. The standard InChI is InChI=1S/C4H4NS2/c6-4-2-1-3-7-5-4/h1-3,5H. The van der Waals surface area contributed by atoms with Crippen molar-refractivity contribution in [2.75, 3.05) is 0 Å². The lowest BCUT2D eigenvalue weighted by molar-refractivity contribution is 1.38. The normalized spacial score (nSPS) is 18.0. The minimum Gasteiger partial charge on any atom is -0.317 e. The first-order chi connectivity index (χ1) is 3.39. The van der Waals surface area contributed by atoms with Crippen LogP contribution < -0.4 is 4.72 Å². The summed E-state index contributed by atoms with van der Waals surface area (Å²) in [7, 11) is 0. The van der Waals surface area contributed by atoms with E-state index in [2.05, 4.69) is 4.72 Å². The Kier molecular flexibility index (Phi) is 1.59. The van der Waals surface area contributed by atoms with Crippen molar-refractivity contribution >= 4 is 24.6 Å². The van der Waals surface area contributed by atoms with E-state index >= 15 is 0 Å². The van der Waals surface area contributed by atoms with Crippen LogP contribution in [0, 0.1) is 0 Å². The van der Waals surface area contributed by atoms with Crippen LogP contribution in [0.4, 0.5) is 0 Å². The summed E-state index contributed by atoms with van der Waals surface area (Å²) >= 11 is 6.27. The average Bonchev–Trinajstić information content (AvgIpc) is 1.69. The molecule has 0 unspecified atom stereocenters. The summed E-state index contributed by atoms with van der Waals surface area (Å²) in [5, 5.41) is 2.74. The predicted octanol–water partition coefficient (Wildman–Crippen LogP) is 1.79. The number of rotatable bonds is 0. The molecule has 0 spiro atoms. The summed E-state index contributed by atoms with van der Waals surface area (Å²) in [6, 6.07) is 0. The van der Waals surface area contributed by atoms with E-state index < -0.39 is 0 Å². The van der Waals surface area contributed by atoms with E-state index in [0.717, 1.165) is 5.03 Å². The molecular weight excluding hydrogens is 126 g/mol. The van der Waals surface area contributed by atoms with Crippen LogP contribution in [-0.4, -0.2) is 0 Å². The van der Waals surface area contributed by atoms with Crippen LogP contribution >= 0.6 is 24.6 Å². The van der Waals surface area contributed by atoms with E-state index in [0.29, 0.717) is 0 Å². The maximum absolute atomic E-state index is 4.77. The maximum atomic E-state index is 4.77. The Morgan fingerprint density at radius 2 is 2.57 bits per heavy atom. The SMILES string of the molecule is [S]C1=CC=CSN1. The van der Waals surface area contributed by atoms with E-state index in [1.54, 1.807) is 0 Å². The van der Waals surface area contributed by atoms with E-state index in [9.17, 15) is 0 Å². The largest absolute Gasteiger partial charge is 0.317 e. The lowest BCUT2D eigenvalue weighted by atomic mass is 10.6. The van der Waals surface area contributed by atoms with Crippen molar-refractivity contribution in [3.63, 3.8) is 0 Å².